The summed E-state index contributed by atoms with van der Waals surface area (Å²) in [5.74, 6) is 1.37. The quantitative estimate of drug-likeness (QED) is 0.187. The third kappa shape index (κ3) is 4.07. The minimum atomic E-state index is 0.552. The molecule has 0 aliphatic carbocycles. The summed E-state index contributed by atoms with van der Waals surface area (Å²) in [6.07, 6.45) is 0. The molecule has 0 amide bonds. The van der Waals surface area contributed by atoms with Crippen LogP contribution in [0.5, 0.6) is 0 Å². The Balaban J connectivity index is 1.14. The number of furan rings is 2. The second kappa shape index (κ2) is 10.6. The summed E-state index contributed by atoms with van der Waals surface area (Å²) in [7, 11) is 0. The molecule has 246 valence electrons. The highest BCUT2D eigenvalue weighted by Crippen LogP contribution is 2.42. The molecule has 4 heterocycles. The lowest BCUT2D eigenvalue weighted by Crippen LogP contribution is -2.02. The van der Waals surface area contributed by atoms with Gasteiger partial charge in [0.1, 0.15) is 16.7 Å². The van der Waals surface area contributed by atoms with Gasteiger partial charge in [-0.2, -0.15) is 4.98 Å². The Morgan fingerprint density at radius 2 is 1.11 bits per heavy atom. The zero-order valence-electron chi connectivity index (χ0n) is 28.2. The van der Waals surface area contributed by atoms with Crippen LogP contribution >= 0.6 is 0 Å². The topological polar surface area (TPSA) is 57.0 Å². The number of nitrogens with zero attached hydrogens (tertiary/aromatic N) is 3. The first-order valence-corrected chi connectivity index (χ1v) is 17.8. The second-order valence-corrected chi connectivity index (χ2v) is 13.7. The second-order valence-electron chi connectivity index (χ2n) is 13.7. The molecule has 0 radical (unpaired) electrons. The normalized spacial score (nSPS) is 12.2. The van der Waals surface area contributed by atoms with E-state index in [1.165, 1.54) is 16.3 Å². The largest absolute Gasteiger partial charge is 0.455 e. The van der Waals surface area contributed by atoms with Gasteiger partial charge in [0, 0.05) is 37.9 Å². The summed E-state index contributed by atoms with van der Waals surface area (Å²) < 4.78 is 15.3. The summed E-state index contributed by atoms with van der Waals surface area (Å²) in [5.41, 5.74) is 8.43. The predicted molar refractivity (Wildman–Crippen MR) is 217 cm³/mol. The number of rotatable bonds is 3. The van der Waals surface area contributed by atoms with Crippen LogP contribution in [0.15, 0.2) is 173 Å². The van der Waals surface area contributed by atoms with Crippen LogP contribution in [-0.2, 0) is 0 Å². The number of aromatic nitrogens is 3. The van der Waals surface area contributed by atoms with E-state index in [1.807, 2.05) is 30.3 Å². The van der Waals surface area contributed by atoms with Gasteiger partial charge in [0.2, 0.25) is 5.71 Å². The maximum atomic E-state index is 6.54. The van der Waals surface area contributed by atoms with Crippen molar-refractivity contribution in [2.75, 3.05) is 0 Å². The fraction of sp³-hybridized carbons (Fsp3) is 0. The first kappa shape index (κ1) is 28.5. The molecule has 0 bridgehead atoms. The van der Waals surface area contributed by atoms with E-state index in [0.29, 0.717) is 11.5 Å². The van der Waals surface area contributed by atoms with Crippen molar-refractivity contribution >= 4 is 87.4 Å². The highest BCUT2D eigenvalue weighted by atomic mass is 16.3. The fourth-order valence-corrected chi connectivity index (χ4v) is 8.37. The lowest BCUT2D eigenvalue weighted by atomic mass is 9.97. The molecular formula is C48H27N3O2. The molecule has 0 atom stereocenters. The standard InChI is InChI=1S/C48H27N3O2/c1-2-12-32-28(10-1)11-9-16-33(32)29-20-22-30(23-21-29)46-49-47(44-37-15-5-8-19-43(37)53-48(44)50-46)51-40-17-6-3-13-34(40)39-26-31-24-25-36-35-14-4-7-18-42(35)52-45(36)38(31)27-41(39)51/h1-27H. The summed E-state index contributed by atoms with van der Waals surface area (Å²) in [6.45, 7) is 0. The average Bonchev–Trinajstić information content (AvgIpc) is 3.89. The lowest BCUT2D eigenvalue weighted by Gasteiger charge is -2.12. The van der Waals surface area contributed by atoms with Crippen molar-refractivity contribution in [3.05, 3.63) is 164 Å². The molecule has 12 rings (SSSR count). The van der Waals surface area contributed by atoms with Crippen LogP contribution in [0, 0.1) is 0 Å². The van der Waals surface area contributed by atoms with Gasteiger partial charge in [0.15, 0.2) is 11.6 Å². The van der Waals surface area contributed by atoms with Crippen molar-refractivity contribution in [3.63, 3.8) is 0 Å². The Kier molecular flexibility index (Phi) is 5.71. The van der Waals surface area contributed by atoms with Gasteiger partial charge in [-0.15, -0.1) is 0 Å². The average molecular weight is 678 g/mol. The molecule has 0 aliphatic rings. The van der Waals surface area contributed by atoms with Crippen molar-refractivity contribution in [1.29, 1.82) is 0 Å². The van der Waals surface area contributed by atoms with Crippen LogP contribution in [-0.4, -0.2) is 14.5 Å². The van der Waals surface area contributed by atoms with Crippen LogP contribution < -0.4 is 0 Å². The third-order valence-corrected chi connectivity index (χ3v) is 10.8. The number of para-hydroxylation sites is 3. The highest BCUT2D eigenvalue weighted by Gasteiger charge is 2.23. The van der Waals surface area contributed by atoms with E-state index in [4.69, 9.17) is 18.8 Å². The summed E-state index contributed by atoms with van der Waals surface area (Å²) >= 11 is 0. The van der Waals surface area contributed by atoms with Crippen molar-refractivity contribution in [2.24, 2.45) is 0 Å². The van der Waals surface area contributed by atoms with Gasteiger partial charge in [-0.3, -0.25) is 4.57 Å². The molecular weight excluding hydrogens is 651 g/mol. The highest BCUT2D eigenvalue weighted by molar-refractivity contribution is 6.21. The van der Waals surface area contributed by atoms with Gasteiger partial charge < -0.3 is 8.83 Å². The molecule has 8 aromatic carbocycles. The SMILES string of the molecule is c1ccc2c(-c3ccc(-c4nc(-n5c6ccccc6c6cc7ccc8c9ccccc9oc8c7cc65)c5c(n4)oc4ccccc45)cc3)cccc2c1. The summed E-state index contributed by atoms with van der Waals surface area (Å²) in [6, 6.07) is 57.4. The summed E-state index contributed by atoms with van der Waals surface area (Å²) in [4.78, 5) is 10.5. The zero-order valence-corrected chi connectivity index (χ0v) is 28.2. The van der Waals surface area contributed by atoms with E-state index in [1.54, 1.807) is 0 Å². The van der Waals surface area contributed by atoms with Crippen LogP contribution in [0.3, 0.4) is 0 Å². The van der Waals surface area contributed by atoms with Gasteiger partial charge in [-0.05, 0) is 63.7 Å². The van der Waals surface area contributed by atoms with Crippen LogP contribution in [0.25, 0.3) is 116 Å². The molecule has 0 N–H and O–H groups in total. The maximum Gasteiger partial charge on any atom is 0.233 e. The van der Waals surface area contributed by atoms with Gasteiger partial charge >= 0.3 is 0 Å². The van der Waals surface area contributed by atoms with Gasteiger partial charge in [-0.25, -0.2) is 4.98 Å². The van der Waals surface area contributed by atoms with Crippen LogP contribution in [0.2, 0.25) is 0 Å². The molecule has 0 fully saturated rings. The Labute approximate surface area is 302 Å². The molecule has 4 aromatic heterocycles. The Morgan fingerprint density at radius 1 is 0.415 bits per heavy atom. The van der Waals surface area contributed by atoms with Crippen molar-refractivity contribution < 1.29 is 8.83 Å². The molecule has 5 heteroatoms. The van der Waals surface area contributed by atoms with Crippen LogP contribution in [0.4, 0.5) is 0 Å². The fourth-order valence-electron chi connectivity index (χ4n) is 8.37. The minimum absolute atomic E-state index is 0.552. The number of hydrogen-bond donors (Lipinski definition) is 0. The van der Waals surface area contributed by atoms with E-state index in [-0.39, 0.29) is 0 Å². The van der Waals surface area contributed by atoms with E-state index in [0.717, 1.165) is 87.8 Å². The zero-order chi connectivity index (χ0) is 34.6. The first-order valence-electron chi connectivity index (χ1n) is 17.8. The summed E-state index contributed by atoms with van der Waals surface area (Å²) in [5, 5.41) is 11.0. The molecule has 53 heavy (non-hydrogen) atoms. The Hall–Kier alpha value is -7.24. The molecule has 12 aromatic rings. The molecule has 0 saturated heterocycles. The van der Waals surface area contributed by atoms with E-state index < -0.39 is 0 Å². The molecule has 0 aliphatic heterocycles. The molecule has 0 unspecified atom stereocenters. The first-order chi connectivity index (χ1) is 26.3. The number of benzene rings is 8. The predicted octanol–water partition coefficient (Wildman–Crippen LogP) is 13.0. The van der Waals surface area contributed by atoms with E-state index in [2.05, 4.69) is 138 Å². The van der Waals surface area contributed by atoms with Crippen molar-refractivity contribution in [1.82, 2.24) is 14.5 Å². The minimum Gasteiger partial charge on any atom is -0.455 e. The smallest absolute Gasteiger partial charge is 0.233 e. The van der Waals surface area contributed by atoms with Crippen molar-refractivity contribution in [2.45, 2.75) is 0 Å². The molecule has 0 saturated carbocycles. The van der Waals surface area contributed by atoms with Gasteiger partial charge in [-0.1, -0.05) is 127 Å². The molecule has 5 nitrogen and oxygen atoms in total. The third-order valence-electron chi connectivity index (χ3n) is 10.8. The van der Waals surface area contributed by atoms with Gasteiger partial charge in [0.05, 0.1) is 16.4 Å². The lowest BCUT2D eigenvalue weighted by molar-refractivity contribution is 0.653. The molecule has 0 spiro atoms. The Bertz CT molecular complexity index is 3450. The number of hydrogen-bond acceptors (Lipinski definition) is 4. The maximum absolute atomic E-state index is 6.54. The van der Waals surface area contributed by atoms with Gasteiger partial charge in [0.25, 0.3) is 0 Å². The Morgan fingerprint density at radius 3 is 1.98 bits per heavy atom. The monoisotopic (exact) mass is 677 g/mol. The van der Waals surface area contributed by atoms with E-state index in [9.17, 15) is 0 Å². The van der Waals surface area contributed by atoms with E-state index >= 15 is 0 Å². The number of fused-ring (bicyclic) bond motifs is 12. The van der Waals surface area contributed by atoms with Crippen molar-refractivity contribution in [3.8, 4) is 28.3 Å². The van der Waals surface area contributed by atoms with Crippen LogP contribution in [0.1, 0.15) is 0 Å².